The van der Waals surface area contributed by atoms with Crippen molar-refractivity contribution >= 4 is 22.6 Å². The molecule has 2 aliphatic rings. The summed E-state index contributed by atoms with van der Waals surface area (Å²) in [6.45, 7) is 3.54. The number of rotatable bonds is 9. The van der Waals surface area contributed by atoms with Gasteiger partial charge in [0.25, 0.3) is 0 Å². The Hall–Kier alpha value is -2.25. The van der Waals surface area contributed by atoms with Crippen molar-refractivity contribution < 1.29 is 13.9 Å². The summed E-state index contributed by atoms with van der Waals surface area (Å²) in [5.74, 6) is 1.10. The van der Waals surface area contributed by atoms with E-state index in [0.717, 1.165) is 55.6 Å². The predicted octanol–water partition coefficient (Wildman–Crippen LogP) is 4.03. The molecule has 2 heterocycles. The average Bonchev–Trinajstić information content (AvgIpc) is 2.86. The quantitative estimate of drug-likeness (QED) is 0.439. The number of hydrogen-bond donors (Lipinski definition) is 2. The van der Waals surface area contributed by atoms with E-state index in [0.29, 0.717) is 18.4 Å². The smallest absolute Gasteiger partial charge is 0.307 e. The third kappa shape index (κ3) is 6.42. The lowest BCUT2D eigenvalue weighted by molar-refractivity contribution is -0.141. The molecular weight excluding hydrogens is 419 g/mol. The average molecular weight is 457 g/mol. The number of nitrogens with zero attached hydrogens (tertiary/aromatic N) is 2. The van der Waals surface area contributed by atoms with Crippen molar-refractivity contribution in [3.63, 3.8) is 0 Å². The van der Waals surface area contributed by atoms with Crippen molar-refractivity contribution in [3.05, 3.63) is 36.3 Å². The molecule has 4 rings (SSSR count). The Kier molecular flexibility index (Phi) is 8.51. The lowest BCUT2D eigenvalue weighted by Crippen LogP contribution is -2.46. The minimum Gasteiger partial charge on any atom is -0.469 e. The molecule has 0 spiro atoms. The minimum atomic E-state index is -0.223. The summed E-state index contributed by atoms with van der Waals surface area (Å²) >= 11 is 0. The second-order valence-corrected chi connectivity index (χ2v) is 9.45. The van der Waals surface area contributed by atoms with Gasteiger partial charge in [0, 0.05) is 49.8 Å². The van der Waals surface area contributed by atoms with Crippen LogP contribution in [0.5, 0.6) is 0 Å². The Balaban J connectivity index is 1.23. The molecule has 7 heteroatoms. The maximum Gasteiger partial charge on any atom is 0.307 e. The molecule has 1 aromatic carbocycles. The summed E-state index contributed by atoms with van der Waals surface area (Å²) in [5.41, 5.74) is 0. The van der Waals surface area contributed by atoms with Crippen molar-refractivity contribution in [3.8, 4) is 0 Å². The van der Waals surface area contributed by atoms with E-state index in [9.17, 15) is 9.18 Å². The number of halogens is 1. The molecular formula is C26H37FN4O2. The first-order chi connectivity index (χ1) is 16.1. The number of aromatic nitrogens is 1. The Labute approximate surface area is 196 Å². The van der Waals surface area contributed by atoms with Crippen molar-refractivity contribution in [2.45, 2.75) is 63.5 Å². The Morgan fingerprint density at radius 3 is 2.70 bits per heavy atom. The van der Waals surface area contributed by atoms with Crippen LogP contribution < -0.4 is 15.5 Å². The van der Waals surface area contributed by atoms with Crippen LogP contribution in [0.25, 0.3) is 10.8 Å². The molecule has 1 saturated carbocycles. The largest absolute Gasteiger partial charge is 0.469 e. The van der Waals surface area contributed by atoms with Crippen LogP contribution in [0, 0.1) is 11.7 Å². The zero-order valence-corrected chi connectivity index (χ0v) is 19.7. The maximum absolute atomic E-state index is 13.8. The number of piperidine rings is 1. The topological polar surface area (TPSA) is 66.5 Å². The number of carbonyl (C=O) groups is 1. The van der Waals surface area contributed by atoms with Gasteiger partial charge < -0.3 is 20.3 Å². The molecule has 33 heavy (non-hydrogen) atoms. The maximum atomic E-state index is 13.8. The normalized spacial score (nSPS) is 19.0. The van der Waals surface area contributed by atoms with Gasteiger partial charge in [0.05, 0.1) is 13.5 Å². The lowest BCUT2D eigenvalue weighted by Gasteiger charge is -2.34. The third-order valence-corrected chi connectivity index (χ3v) is 7.30. The van der Waals surface area contributed by atoms with Gasteiger partial charge in [-0.2, -0.15) is 0 Å². The highest BCUT2D eigenvalue weighted by molar-refractivity contribution is 5.92. The highest BCUT2D eigenvalue weighted by Gasteiger charge is 2.26. The standard InChI is InChI=1S/C26H37FN4O2/c1-33-25(32)18-24(20-5-3-2-4-6-20)29-14-13-28-22-10-15-31(16-11-22)26-23-17-21(27)8-7-19(23)9-12-30-26/h7-9,12,17,20,22,24,28-29H,2-6,10-11,13-16,18H2,1H3. The molecule has 1 atom stereocenters. The molecule has 0 bridgehead atoms. The Morgan fingerprint density at radius 2 is 1.94 bits per heavy atom. The number of ether oxygens (including phenoxy) is 1. The van der Waals surface area contributed by atoms with E-state index in [1.54, 1.807) is 6.07 Å². The van der Waals surface area contributed by atoms with Crippen molar-refractivity contribution in [1.82, 2.24) is 15.6 Å². The van der Waals surface area contributed by atoms with Crippen LogP contribution in [0.3, 0.4) is 0 Å². The fourth-order valence-corrected chi connectivity index (χ4v) is 5.41. The molecule has 1 aliphatic carbocycles. The van der Waals surface area contributed by atoms with E-state index in [1.807, 2.05) is 18.3 Å². The number of benzene rings is 1. The first-order valence-electron chi connectivity index (χ1n) is 12.5. The van der Waals surface area contributed by atoms with Gasteiger partial charge in [0.15, 0.2) is 0 Å². The molecule has 0 amide bonds. The highest BCUT2D eigenvalue weighted by atomic mass is 19.1. The molecule has 1 aliphatic heterocycles. The third-order valence-electron chi connectivity index (χ3n) is 7.30. The lowest BCUT2D eigenvalue weighted by atomic mass is 9.82. The first kappa shape index (κ1) is 23.9. The van der Waals surface area contributed by atoms with E-state index in [1.165, 1.54) is 45.3 Å². The van der Waals surface area contributed by atoms with Crippen LogP contribution in [0.2, 0.25) is 0 Å². The van der Waals surface area contributed by atoms with E-state index < -0.39 is 0 Å². The van der Waals surface area contributed by atoms with E-state index in [4.69, 9.17) is 4.74 Å². The van der Waals surface area contributed by atoms with Crippen LogP contribution in [-0.4, -0.2) is 56.3 Å². The number of hydrogen-bond acceptors (Lipinski definition) is 6. The van der Waals surface area contributed by atoms with Crippen LogP contribution in [0.1, 0.15) is 51.4 Å². The van der Waals surface area contributed by atoms with Gasteiger partial charge in [-0.3, -0.25) is 4.79 Å². The number of pyridine rings is 1. The molecule has 1 aromatic heterocycles. The second kappa shape index (κ2) is 11.7. The molecule has 1 saturated heterocycles. The van der Waals surface area contributed by atoms with Crippen molar-refractivity contribution in [2.24, 2.45) is 5.92 Å². The number of carbonyl (C=O) groups excluding carboxylic acids is 1. The molecule has 1 unspecified atom stereocenters. The van der Waals surface area contributed by atoms with Gasteiger partial charge in [-0.05, 0) is 55.2 Å². The number of anilines is 1. The first-order valence-corrected chi connectivity index (χ1v) is 12.5. The van der Waals surface area contributed by atoms with Crippen LogP contribution in [0.15, 0.2) is 30.5 Å². The van der Waals surface area contributed by atoms with Crippen LogP contribution in [0.4, 0.5) is 10.2 Å². The summed E-state index contributed by atoms with van der Waals surface area (Å²) in [7, 11) is 1.47. The molecule has 180 valence electrons. The van der Waals surface area contributed by atoms with E-state index in [2.05, 4.69) is 20.5 Å². The molecule has 2 aromatic rings. The fraction of sp³-hybridized carbons (Fsp3) is 0.615. The molecule has 0 radical (unpaired) electrons. The zero-order valence-electron chi connectivity index (χ0n) is 19.7. The number of methoxy groups -OCH3 is 1. The van der Waals surface area contributed by atoms with Gasteiger partial charge in [-0.15, -0.1) is 0 Å². The summed E-state index contributed by atoms with van der Waals surface area (Å²) in [4.78, 5) is 18.7. The van der Waals surface area contributed by atoms with Gasteiger partial charge in [-0.25, -0.2) is 9.37 Å². The summed E-state index contributed by atoms with van der Waals surface area (Å²) in [6, 6.07) is 7.51. The van der Waals surface area contributed by atoms with Gasteiger partial charge in [0.2, 0.25) is 0 Å². The van der Waals surface area contributed by atoms with Crippen LogP contribution >= 0.6 is 0 Å². The monoisotopic (exact) mass is 456 g/mol. The minimum absolute atomic E-state index is 0.125. The van der Waals surface area contributed by atoms with Gasteiger partial charge >= 0.3 is 5.97 Å². The van der Waals surface area contributed by atoms with Crippen molar-refractivity contribution in [1.29, 1.82) is 0 Å². The van der Waals surface area contributed by atoms with Crippen LogP contribution in [-0.2, 0) is 9.53 Å². The molecule has 2 N–H and O–H groups in total. The summed E-state index contributed by atoms with van der Waals surface area (Å²) < 4.78 is 18.7. The van der Waals surface area contributed by atoms with Crippen molar-refractivity contribution in [2.75, 3.05) is 38.2 Å². The molecule has 2 fully saturated rings. The SMILES string of the molecule is COC(=O)CC(NCCNC1CCN(c2nccc3ccc(F)cc23)CC1)C1CCCCC1. The zero-order chi connectivity index (χ0) is 23.0. The highest BCUT2D eigenvalue weighted by Crippen LogP contribution is 2.29. The number of nitrogens with one attached hydrogen (secondary N) is 2. The Bertz CT molecular complexity index is 910. The van der Waals surface area contributed by atoms with Gasteiger partial charge in [-0.1, -0.05) is 25.3 Å². The van der Waals surface area contributed by atoms with Gasteiger partial charge in [0.1, 0.15) is 11.6 Å². The Morgan fingerprint density at radius 1 is 1.15 bits per heavy atom. The number of esters is 1. The fourth-order valence-electron chi connectivity index (χ4n) is 5.41. The summed E-state index contributed by atoms with van der Waals surface area (Å²) in [6.07, 6.45) is 10.6. The molecule has 6 nitrogen and oxygen atoms in total. The van der Waals surface area contributed by atoms with E-state index >= 15 is 0 Å². The summed E-state index contributed by atoms with van der Waals surface area (Å²) in [5, 5.41) is 9.22. The predicted molar refractivity (Wildman–Crippen MR) is 130 cm³/mol. The van der Waals surface area contributed by atoms with E-state index in [-0.39, 0.29) is 17.8 Å². The number of fused-ring (bicyclic) bond motifs is 1. The second-order valence-electron chi connectivity index (χ2n) is 9.45.